The van der Waals surface area contributed by atoms with Crippen molar-refractivity contribution in [1.29, 1.82) is 0 Å². The van der Waals surface area contributed by atoms with Gasteiger partial charge in [-0.3, -0.25) is 14.7 Å². The van der Waals surface area contributed by atoms with Crippen molar-refractivity contribution in [2.45, 2.75) is 32.9 Å². The molecule has 3 aromatic heterocycles. The van der Waals surface area contributed by atoms with Crippen molar-refractivity contribution in [2.24, 2.45) is 7.05 Å². The summed E-state index contributed by atoms with van der Waals surface area (Å²) in [5.41, 5.74) is 8.64. The Balaban J connectivity index is 2.03. The van der Waals surface area contributed by atoms with E-state index in [1.165, 1.54) is 12.0 Å². The number of hydrogen-bond donors (Lipinski definition) is 2. The molecule has 0 saturated heterocycles. The minimum absolute atomic E-state index is 0.0289. The number of nitrogens with one attached hydrogen (secondary N) is 1. The van der Waals surface area contributed by atoms with Crippen molar-refractivity contribution < 1.29 is 19.1 Å². The molecule has 0 aliphatic carbocycles. The third kappa shape index (κ3) is 5.37. The molecule has 176 valence electrons. The molecule has 0 fully saturated rings. The van der Waals surface area contributed by atoms with E-state index in [0.29, 0.717) is 28.0 Å². The summed E-state index contributed by atoms with van der Waals surface area (Å²) in [6.07, 6.45) is 1.05. The lowest BCUT2D eigenvalue weighted by Gasteiger charge is -2.24. The summed E-state index contributed by atoms with van der Waals surface area (Å²) in [7, 11) is 4.84. The van der Waals surface area contributed by atoms with E-state index in [1.807, 2.05) is 13.1 Å². The second-order valence-corrected chi connectivity index (χ2v) is 8.51. The molecule has 0 spiro atoms. The second-order valence-electron chi connectivity index (χ2n) is 8.51. The highest BCUT2D eigenvalue weighted by Gasteiger charge is 2.26. The van der Waals surface area contributed by atoms with Gasteiger partial charge < -0.3 is 25.1 Å². The minimum atomic E-state index is -0.664. The summed E-state index contributed by atoms with van der Waals surface area (Å²) in [6.45, 7) is 5.57. The van der Waals surface area contributed by atoms with Crippen molar-refractivity contribution >= 4 is 34.7 Å². The summed E-state index contributed by atoms with van der Waals surface area (Å²) in [5.74, 6) is 0.225. The van der Waals surface area contributed by atoms with Crippen molar-refractivity contribution in [2.75, 3.05) is 31.4 Å². The number of carbonyl (C=O) groups excluding carboxylic acids is 2. The number of ether oxygens (including phenoxy) is 2. The molecule has 0 radical (unpaired) electrons. The van der Waals surface area contributed by atoms with Crippen LogP contribution < -0.4 is 16.0 Å². The fourth-order valence-corrected chi connectivity index (χ4v) is 3.22. The Morgan fingerprint density at radius 1 is 1.24 bits per heavy atom. The zero-order valence-corrected chi connectivity index (χ0v) is 19.7. The number of fused-ring (bicyclic) bond motifs is 1. The van der Waals surface area contributed by atoms with Gasteiger partial charge in [0.1, 0.15) is 23.5 Å². The van der Waals surface area contributed by atoms with E-state index in [4.69, 9.17) is 15.2 Å². The van der Waals surface area contributed by atoms with E-state index in [1.54, 1.807) is 50.8 Å². The molecular weight excluding hydrogens is 426 g/mol. The van der Waals surface area contributed by atoms with Gasteiger partial charge in [0.15, 0.2) is 5.82 Å². The Kier molecular flexibility index (Phi) is 6.82. The fourth-order valence-electron chi connectivity index (χ4n) is 3.22. The molecule has 33 heavy (non-hydrogen) atoms. The number of aryl methyl sites for hydroxylation is 1. The number of aromatic nitrogens is 4. The Morgan fingerprint density at radius 2 is 1.97 bits per heavy atom. The Bertz CT molecular complexity index is 1180. The highest BCUT2D eigenvalue weighted by atomic mass is 16.6. The van der Waals surface area contributed by atoms with Gasteiger partial charge in [-0.1, -0.05) is 6.07 Å². The van der Waals surface area contributed by atoms with Crippen LogP contribution in [0.1, 0.15) is 26.5 Å². The Labute approximate surface area is 191 Å². The van der Waals surface area contributed by atoms with Crippen LogP contribution in [0.25, 0.3) is 22.3 Å². The molecule has 2 amide bonds. The van der Waals surface area contributed by atoms with Gasteiger partial charge in [0.2, 0.25) is 5.91 Å². The smallest absolute Gasteiger partial charge is 0.415 e. The first kappa shape index (κ1) is 23.9. The second kappa shape index (κ2) is 9.41. The van der Waals surface area contributed by atoms with Gasteiger partial charge in [-0.05, 0) is 32.9 Å². The van der Waals surface area contributed by atoms with Crippen molar-refractivity contribution in [3.63, 3.8) is 0 Å². The number of anilines is 2. The summed E-state index contributed by atoms with van der Waals surface area (Å²) in [6, 6.07) is 5.42. The maximum Gasteiger partial charge on any atom is 0.415 e. The van der Waals surface area contributed by atoms with E-state index in [0.717, 1.165) is 0 Å². The lowest BCUT2D eigenvalue weighted by molar-refractivity contribution is -0.124. The van der Waals surface area contributed by atoms with Gasteiger partial charge in [-0.2, -0.15) is 0 Å². The molecule has 3 N–H and O–H groups in total. The molecule has 0 unspecified atom stereocenters. The Morgan fingerprint density at radius 3 is 2.64 bits per heavy atom. The van der Waals surface area contributed by atoms with Crippen molar-refractivity contribution in [3.8, 4) is 11.3 Å². The SMILES string of the molecule is COCC(=O)NCc1cccc(-c2c(N)nc(N(C)C(=O)OC(C)(C)C)c3ncn(C)c23)n1. The molecule has 0 bridgehead atoms. The van der Waals surface area contributed by atoms with Crippen LogP contribution in [0.15, 0.2) is 24.5 Å². The third-order valence-corrected chi connectivity index (χ3v) is 4.66. The molecule has 0 atom stereocenters. The number of nitrogen functional groups attached to an aromatic ring is 1. The lowest BCUT2D eigenvalue weighted by atomic mass is 10.1. The number of pyridine rings is 2. The van der Waals surface area contributed by atoms with Crippen LogP contribution in [-0.2, 0) is 27.9 Å². The first-order chi connectivity index (χ1) is 15.5. The molecule has 0 aromatic carbocycles. The maximum absolute atomic E-state index is 12.6. The number of nitrogens with two attached hydrogens (primary N) is 1. The topological polar surface area (TPSA) is 137 Å². The molecule has 11 heteroatoms. The number of nitrogens with zero attached hydrogens (tertiary/aromatic N) is 5. The third-order valence-electron chi connectivity index (χ3n) is 4.66. The molecule has 3 heterocycles. The zero-order valence-electron chi connectivity index (χ0n) is 19.7. The summed E-state index contributed by atoms with van der Waals surface area (Å²) < 4.78 is 12.1. The van der Waals surface area contributed by atoms with Gasteiger partial charge in [0.25, 0.3) is 0 Å². The number of methoxy groups -OCH3 is 1. The monoisotopic (exact) mass is 455 g/mol. The van der Waals surface area contributed by atoms with Crippen molar-refractivity contribution in [3.05, 3.63) is 30.2 Å². The number of imidazole rings is 1. The predicted octanol–water partition coefficient (Wildman–Crippen LogP) is 2.25. The highest BCUT2D eigenvalue weighted by molar-refractivity contribution is 6.05. The number of rotatable bonds is 6. The number of hydrogen-bond acceptors (Lipinski definition) is 8. The van der Waals surface area contributed by atoms with Gasteiger partial charge >= 0.3 is 6.09 Å². The maximum atomic E-state index is 12.6. The number of amides is 2. The predicted molar refractivity (Wildman–Crippen MR) is 125 cm³/mol. The summed E-state index contributed by atoms with van der Waals surface area (Å²) >= 11 is 0. The molecule has 3 aromatic rings. The average Bonchev–Trinajstić information content (AvgIpc) is 3.12. The largest absolute Gasteiger partial charge is 0.443 e. The normalized spacial score (nSPS) is 11.5. The van der Waals surface area contributed by atoms with E-state index in [2.05, 4.69) is 20.3 Å². The van der Waals surface area contributed by atoms with E-state index >= 15 is 0 Å². The van der Waals surface area contributed by atoms with E-state index in [9.17, 15) is 9.59 Å². The van der Waals surface area contributed by atoms with Gasteiger partial charge in [0, 0.05) is 21.2 Å². The highest BCUT2D eigenvalue weighted by Crippen LogP contribution is 2.36. The van der Waals surface area contributed by atoms with Gasteiger partial charge in [0.05, 0.1) is 35.3 Å². The van der Waals surface area contributed by atoms with E-state index < -0.39 is 11.7 Å². The summed E-state index contributed by atoms with van der Waals surface area (Å²) in [5, 5.41) is 2.74. The quantitative estimate of drug-likeness (QED) is 0.577. The molecule has 11 nitrogen and oxygen atoms in total. The van der Waals surface area contributed by atoms with Crippen LogP contribution in [-0.4, -0.2) is 57.9 Å². The lowest BCUT2D eigenvalue weighted by Crippen LogP contribution is -2.34. The first-order valence-electron chi connectivity index (χ1n) is 10.3. The van der Waals surface area contributed by atoms with Crippen LogP contribution in [0.2, 0.25) is 0 Å². The summed E-state index contributed by atoms with van der Waals surface area (Å²) in [4.78, 5) is 39.2. The molecular formula is C22H29N7O4. The minimum Gasteiger partial charge on any atom is -0.443 e. The standard InChI is InChI=1S/C22H29N7O4/c1-22(2,3)33-21(31)29(5)20-17-18(28(4)12-25-17)16(19(23)27-20)14-9-7-8-13(26-14)10-24-15(30)11-32-6/h7-9,12H,10-11H2,1-6H3,(H2,23,27)(H,24,30). The fraction of sp³-hybridized carbons (Fsp3) is 0.409. The zero-order chi connectivity index (χ0) is 24.3. The van der Waals surface area contributed by atoms with Crippen LogP contribution in [0.4, 0.5) is 16.4 Å². The Hall–Kier alpha value is -3.73. The van der Waals surface area contributed by atoms with Crippen LogP contribution in [0.3, 0.4) is 0 Å². The molecule has 0 aliphatic rings. The van der Waals surface area contributed by atoms with Crippen LogP contribution in [0, 0.1) is 0 Å². The van der Waals surface area contributed by atoms with Gasteiger partial charge in [-0.25, -0.2) is 14.8 Å². The van der Waals surface area contributed by atoms with Crippen molar-refractivity contribution in [1.82, 2.24) is 24.8 Å². The number of carbonyl (C=O) groups is 2. The van der Waals surface area contributed by atoms with Crippen LogP contribution >= 0.6 is 0 Å². The van der Waals surface area contributed by atoms with E-state index in [-0.39, 0.29) is 30.7 Å². The van der Waals surface area contributed by atoms with Crippen LogP contribution in [0.5, 0.6) is 0 Å². The average molecular weight is 456 g/mol. The van der Waals surface area contributed by atoms with Gasteiger partial charge in [-0.15, -0.1) is 0 Å². The molecule has 0 saturated carbocycles. The molecule has 0 aliphatic heterocycles. The molecule has 3 rings (SSSR count). The first-order valence-corrected chi connectivity index (χ1v) is 10.3.